The average Bonchev–Trinajstić information content (AvgIpc) is 2.51. The first-order valence-electron chi connectivity index (χ1n) is 6.39. The van der Waals surface area contributed by atoms with Crippen LogP contribution in [0.5, 0.6) is 5.75 Å². The van der Waals surface area contributed by atoms with Gasteiger partial charge in [-0.2, -0.15) is 0 Å². The molecule has 1 rings (SSSR count). The molecular weight excluding hydrogens is 290 g/mol. The first-order chi connectivity index (χ1) is 10.5. The number of halogens is 2. The molecule has 1 aromatic rings. The largest absolute Gasteiger partial charge is 0.488 e. The van der Waals surface area contributed by atoms with E-state index in [0.29, 0.717) is 5.71 Å². The second kappa shape index (κ2) is 8.00. The number of ether oxygens (including phenoxy) is 2. The number of hydrogen-bond donors (Lipinski definition) is 1. The lowest BCUT2D eigenvalue weighted by Gasteiger charge is -2.11. The number of nitrogens with zero attached hydrogens (tertiary/aromatic N) is 1. The van der Waals surface area contributed by atoms with E-state index >= 15 is 0 Å². The maximum atomic E-state index is 14.0. The molecule has 0 amide bonds. The van der Waals surface area contributed by atoms with Crippen LogP contribution in [0.4, 0.5) is 8.78 Å². The average molecular weight is 308 g/mol. The Bertz CT molecular complexity index is 637. The zero-order chi connectivity index (χ0) is 16.7. The third kappa shape index (κ3) is 3.96. The van der Waals surface area contributed by atoms with Gasteiger partial charge in [0.25, 0.3) is 0 Å². The van der Waals surface area contributed by atoms with Gasteiger partial charge in [0.15, 0.2) is 5.76 Å². The first kappa shape index (κ1) is 17.5. The minimum absolute atomic E-state index is 0.0317. The summed E-state index contributed by atoms with van der Waals surface area (Å²) >= 11 is 0. The van der Waals surface area contributed by atoms with Crippen LogP contribution in [0, 0.1) is 11.6 Å². The summed E-state index contributed by atoms with van der Waals surface area (Å²) in [6.07, 6.45) is 1.38. The SMILES string of the molecule is C=C=C(OC)c1c(F)cc(OCC(=NC)/C(C)=C\N)cc1F. The molecule has 1 aromatic carbocycles. The van der Waals surface area contributed by atoms with E-state index in [1.54, 1.807) is 14.0 Å². The number of nitrogens with two attached hydrogens (primary N) is 1. The standard InChI is InChI=1S/C16H18F2N2O2/c1-5-15(21-4)16-12(17)6-11(7-13(16)18)22-9-14(20-3)10(2)8-19/h6-8H,1,9,19H2,2-4H3/b10-8-,20-14?. The van der Waals surface area contributed by atoms with Crippen LogP contribution in [0.1, 0.15) is 12.5 Å². The Balaban J connectivity index is 3.04. The van der Waals surface area contributed by atoms with Crippen molar-refractivity contribution in [3.05, 3.63) is 53.4 Å². The number of aliphatic imine (C=N–C) groups is 1. The number of methoxy groups -OCH3 is 1. The molecule has 0 aliphatic heterocycles. The van der Waals surface area contributed by atoms with Gasteiger partial charge >= 0.3 is 0 Å². The molecule has 2 N–H and O–H groups in total. The van der Waals surface area contributed by atoms with E-state index in [2.05, 4.69) is 17.3 Å². The van der Waals surface area contributed by atoms with Crippen molar-refractivity contribution in [2.75, 3.05) is 20.8 Å². The minimum atomic E-state index is -0.830. The smallest absolute Gasteiger partial charge is 0.174 e. The third-order valence-electron chi connectivity index (χ3n) is 2.96. The van der Waals surface area contributed by atoms with Gasteiger partial charge in [-0.25, -0.2) is 8.78 Å². The molecule has 0 radical (unpaired) electrons. The lowest BCUT2D eigenvalue weighted by molar-refractivity contribution is 0.358. The highest BCUT2D eigenvalue weighted by Gasteiger charge is 2.17. The summed E-state index contributed by atoms with van der Waals surface area (Å²) in [6.45, 7) is 5.13. The summed E-state index contributed by atoms with van der Waals surface area (Å²) in [5, 5.41) is 0. The second-order valence-corrected chi connectivity index (χ2v) is 4.28. The van der Waals surface area contributed by atoms with Crippen LogP contribution >= 0.6 is 0 Å². The maximum Gasteiger partial charge on any atom is 0.174 e. The molecule has 0 aliphatic rings. The fraction of sp³-hybridized carbons (Fsp3) is 0.250. The Hall–Kier alpha value is -2.59. The molecule has 118 valence electrons. The van der Waals surface area contributed by atoms with E-state index in [1.807, 2.05) is 0 Å². The second-order valence-electron chi connectivity index (χ2n) is 4.28. The molecule has 0 heterocycles. The maximum absolute atomic E-state index is 14.0. The van der Waals surface area contributed by atoms with Crippen LogP contribution in [-0.4, -0.2) is 26.5 Å². The van der Waals surface area contributed by atoms with Crippen LogP contribution in [-0.2, 0) is 4.74 Å². The number of rotatable bonds is 6. The number of benzene rings is 1. The van der Waals surface area contributed by atoms with Crippen molar-refractivity contribution in [3.8, 4) is 5.75 Å². The topological polar surface area (TPSA) is 56.8 Å². The van der Waals surface area contributed by atoms with Crippen LogP contribution in [0.25, 0.3) is 5.76 Å². The highest BCUT2D eigenvalue weighted by Crippen LogP contribution is 2.26. The van der Waals surface area contributed by atoms with E-state index in [1.165, 1.54) is 13.3 Å². The molecule has 0 spiro atoms. The summed E-state index contributed by atoms with van der Waals surface area (Å²) < 4.78 is 38.2. The molecule has 22 heavy (non-hydrogen) atoms. The van der Waals surface area contributed by atoms with Gasteiger partial charge in [0.1, 0.15) is 24.0 Å². The van der Waals surface area contributed by atoms with Gasteiger partial charge in [-0.15, -0.1) is 0 Å². The van der Waals surface area contributed by atoms with Crippen LogP contribution < -0.4 is 10.5 Å². The molecule has 0 saturated carbocycles. The van der Waals surface area contributed by atoms with Crippen LogP contribution in [0.3, 0.4) is 0 Å². The molecule has 0 atom stereocenters. The van der Waals surface area contributed by atoms with Crippen LogP contribution in [0.2, 0.25) is 0 Å². The quantitative estimate of drug-likeness (QED) is 0.499. The van der Waals surface area contributed by atoms with Crippen LogP contribution in [0.15, 0.2) is 41.2 Å². The lowest BCUT2D eigenvalue weighted by atomic mass is 10.1. The van der Waals surface area contributed by atoms with Gasteiger partial charge in [-0.3, -0.25) is 4.99 Å². The molecule has 0 saturated heterocycles. The third-order valence-corrected chi connectivity index (χ3v) is 2.96. The van der Waals surface area contributed by atoms with E-state index < -0.39 is 11.6 Å². The zero-order valence-electron chi connectivity index (χ0n) is 12.7. The van der Waals surface area contributed by atoms with Crippen molar-refractivity contribution < 1.29 is 18.3 Å². The summed E-state index contributed by atoms with van der Waals surface area (Å²) in [4.78, 5) is 4.00. The van der Waals surface area contributed by atoms with Gasteiger partial charge in [0.2, 0.25) is 0 Å². The Morgan fingerprint density at radius 2 is 2.00 bits per heavy atom. The van der Waals surface area contributed by atoms with E-state index in [4.69, 9.17) is 15.2 Å². The Morgan fingerprint density at radius 3 is 2.41 bits per heavy atom. The van der Waals surface area contributed by atoms with Crippen molar-refractivity contribution >= 4 is 11.5 Å². The van der Waals surface area contributed by atoms with Crippen molar-refractivity contribution in [3.63, 3.8) is 0 Å². The van der Waals surface area contributed by atoms with Crippen molar-refractivity contribution in [1.82, 2.24) is 0 Å². The van der Waals surface area contributed by atoms with E-state index in [-0.39, 0.29) is 23.7 Å². The van der Waals surface area contributed by atoms with Gasteiger partial charge in [-0.05, 0) is 18.7 Å². The monoisotopic (exact) mass is 308 g/mol. The van der Waals surface area contributed by atoms with Gasteiger partial charge in [0, 0.05) is 19.2 Å². The van der Waals surface area contributed by atoms with Crippen molar-refractivity contribution in [2.24, 2.45) is 10.7 Å². The van der Waals surface area contributed by atoms with Gasteiger partial charge in [0.05, 0.1) is 18.4 Å². The highest BCUT2D eigenvalue weighted by molar-refractivity contribution is 6.00. The Kier molecular flexibility index (Phi) is 6.35. The summed E-state index contributed by atoms with van der Waals surface area (Å²) in [6, 6.07) is 2.12. The minimum Gasteiger partial charge on any atom is -0.488 e. The predicted octanol–water partition coefficient (Wildman–Crippen LogP) is 3.05. The molecule has 0 bridgehead atoms. The first-order valence-corrected chi connectivity index (χ1v) is 6.39. The Labute approximate surface area is 128 Å². The Morgan fingerprint density at radius 1 is 1.41 bits per heavy atom. The molecular formula is C16H18F2N2O2. The van der Waals surface area contributed by atoms with Gasteiger partial charge < -0.3 is 15.2 Å². The zero-order valence-corrected chi connectivity index (χ0v) is 12.7. The van der Waals surface area contributed by atoms with E-state index in [0.717, 1.165) is 17.7 Å². The van der Waals surface area contributed by atoms with Crippen molar-refractivity contribution in [1.29, 1.82) is 0 Å². The fourth-order valence-corrected chi connectivity index (χ4v) is 1.72. The number of hydrogen-bond acceptors (Lipinski definition) is 4. The lowest BCUT2D eigenvalue weighted by Crippen LogP contribution is -2.14. The molecule has 0 aliphatic carbocycles. The van der Waals surface area contributed by atoms with Crippen molar-refractivity contribution in [2.45, 2.75) is 6.92 Å². The predicted molar refractivity (Wildman–Crippen MR) is 82.7 cm³/mol. The normalized spacial score (nSPS) is 11.9. The summed E-state index contributed by atoms with van der Waals surface area (Å²) in [7, 11) is 2.86. The molecule has 0 unspecified atom stereocenters. The molecule has 4 nitrogen and oxygen atoms in total. The molecule has 0 aromatic heterocycles. The highest BCUT2D eigenvalue weighted by atomic mass is 19.1. The van der Waals surface area contributed by atoms with E-state index in [9.17, 15) is 8.78 Å². The summed E-state index contributed by atoms with van der Waals surface area (Å²) in [5.41, 5.74) is 8.69. The van der Waals surface area contributed by atoms with Gasteiger partial charge in [-0.1, -0.05) is 12.3 Å². The molecule has 6 heteroatoms. The fourth-order valence-electron chi connectivity index (χ4n) is 1.72. The summed E-state index contributed by atoms with van der Waals surface area (Å²) in [5.74, 6) is -1.74. The molecule has 0 fully saturated rings.